The summed E-state index contributed by atoms with van der Waals surface area (Å²) in [5, 5.41) is 19.4. The molecule has 1 atom stereocenters. The van der Waals surface area contributed by atoms with Gasteiger partial charge in [0.05, 0.1) is 6.42 Å². The van der Waals surface area contributed by atoms with Gasteiger partial charge in [0.25, 0.3) is 5.91 Å². The summed E-state index contributed by atoms with van der Waals surface area (Å²) in [6.07, 6.45) is 0.665. The van der Waals surface area contributed by atoms with Gasteiger partial charge in [-0.25, -0.2) is 9.78 Å². The summed E-state index contributed by atoms with van der Waals surface area (Å²) in [6.45, 7) is 0. The van der Waals surface area contributed by atoms with Gasteiger partial charge in [0.15, 0.2) is 0 Å². The van der Waals surface area contributed by atoms with E-state index in [-0.39, 0.29) is 5.69 Å². The third kappa shape index (κ3) is 3.81. The number of rotatable bonds is 5. The Morgan fingerprint density at radius 3 is 2.56 bits per heavy atom. The number of halogens is 1. The lowest BCUT2D eigenvalue weighted by atomic mass is 10.2. The molecular formula is C10H9BrN2O5. The Morgan fingerprint density at radius 2 is 2.06 bits per heavy atom. The molecule has 0 saturated carbocycles. The molecular weight excluding hydrogens is 308 g/mol. The standard InChI is InChI=1S/C10H9BrN2O5/c11-5-2-1-3-12-8(5)9(16)13-6(10(17)18)4-7(14)15/h1-3,6H,4H2,(H,13,16)(H,14,15)(H,17,18)/t6-/m0/s1. The van der Waals surface area contributed by atoms with E-state index in [0.29, 0.717) is 4.47 Å². The zero-order valence-electron chi connectivity index (χ0n) is 8.96. The maximum absolute atomic E-state index is 11.7. The summed E-state index contributed by atoms with van der Waals surface area (Å²) in [7, 11) is 0. The van der Waals surface area contributed by atoms with Gasteiger partial charge < -0.3 is 15.5 Å². The number of carboxylic acid groups (broad SMARTS) is 2. The minimum Gasteiger partial charge on any atom is -0.481 e. The molecule has 1 rings (SSSR count). The molecule has 0 aliphatic heterocycles. The summed E-state index contributed by atoms with van der Waals surface area (Å²) in [5.41, 5.74) is -0.00543. The van der Waals surface area contributed by atoms with Crippen molar-refractivity contribution in [3.63, 3.8) is 0 Å². The van der Waals surface area contributed by atoms with Crippen molar-refractivity contribution in [1.29, 1.82) is 0 Å². The van der Waals surface area contributed by atoms with Gasteiger partial charge in [0.2, 0.25) is 0 Å². The van der Waals surface area contributed by atoms with E-state index in [0.717, 1.165) is 0 Å². The normalized spacial score (nSPS) is 11.6. The predicted molar refractivity (Wildman–Crippen MR) is 63.1 cm³/mol. The largest absolute Gasteiger partial charge is 0.481 e. The van der Waals surface area contributed by atoms with Crippen LogP contribution in [0.2, 0.25) is 0 Å². The first-order chi connectivity index (χ1) is 8.41. The van der Waals surface area contributed by atoms with Crippen LogP contribution < -0.4 is 5.32 Å². The number of carbonyl (C=O) groups is 3. The minimum absolute atomic E-state index is 0.00543. The van der Waals surface area contributed by atoms with Crippen molar-refractivity contribution in [2.75, 3.05) is 0 Å². The van der Waals surface area contributed by atoms with Crippen LogP contribution in [0.4, 0.5) is 0 Å². The molecule has 7 nitrogen and oxygen atoms in total. The van der Waals surface area contributed by atoms with Gasteiger partial charge in [0, 0.05) is 10.7 Å². The second kappa shape index (κ2) is 6.10. The lowest BCUT2D eigenvalue weighted by Crippen LogP contribution is -2.42. The molecule has 1 amide bonds. The highest BCUT2D eigenvalue weighted by molar-refractivity contribution is 9.10. The maximum atomic E-state index is 11.7. The van der Waals surface area contributed by atoms with Gasteiger partial charge in [-0.1, -0.05) is 0 Å². The Bertz CT molecular complexity index is 491. The number of amides is 1. The van der Waals surface area contributed by atoms with Crippen LogP contribution in [0.5, 0.6) is 0 Å². The molecule has 0 spiro atoms. The molecule has 0 bridgehead atoms. The number of aliphatic carboxylic acids is 2. The molecule has 0 unspecified atom stereocenters. The molecule has 1 aromatic heterocycles. The molecule has 1 aromatic rings. The Balaban J connectivity index is 2.82. The maximum Gasteiger partial charge on any atom is 0.326 e. The summed E-state index contributed by atoms with van der Waals surface area (Å²) >= 11 is 3.09. The highest BCUT2D eigenvalue weighted by atomic mass is 79.9. The fourth-order valence-corrected chi connectivity index (χ4v) is 1.59. The predicted octanol–water partition coefficient (Wildman–Crippen LogP) is 0.502. The Morgan fingerprint density at radius 1 is 1.39 bits per heavy atom. The number of nitrogens with one attached hydrogen (secondary N) is 1. The Hall–Kier alpha value is -1.96. The number of hydrogen-bond acceptors (Lipinski definition) is 4. The van der Waals surface area contributed by atoms with Gasteiger partial charge in [-0.15, -0.1) is 0 Å². The Kier molecular flexibility index (Phi) is 4.78. The highest BCUT2D eigenvalue weighted by Crippen LogP contribution is 2.13. The average molecular weight is 317 g/mol. The third-order valence-corrected chi connectivity index (χ3v) is 2.60. The molecule has 1 heterocycles. The first-order valence-electron chi connectivity index (χ1n) is 4.77. The van der Waals surface area contributed by atoms with Gasteiger partial charge >= 0.3 is 11.9 Å². The second-order valence-electron chi connectivity index (χ2n) is 3.30. The van der Waals surface area contributed by atoms with Gasteiger partial charge in [-0.3, -0.25) is 9.59 Å². The van der Waals surface area contributed by atoms with Crippen LogP contribution in [0, 0.1) is 0 Å². The highest BCUT2D eigenvalue weighted by Gasteiger charge is 2.24. The molecule has 8 heteroatoms. The molecule has 96 valence electrons. The molecule has 18 heavy (non-hydrogen) atoms. The quantitative estimate of drug-likeness (QED) is 0.728. The SMILES string of the molecule is O=C(O)C[C@H](NC(=O)c1ncccc1Br)C(=O)O. The molecule has 3 N–H and O–H groups in total. The number of carbonyl (C=O) groups excluding carboxylic acids is 1. The summed E-state index contributed by atoms with van der Waals surface area (Å²) in [4.78, 5) is 36.7. The first kappa shape index (κ1) is 14.1. The summed E-state index contributed by atoms with van der Waals surface area (Å²) in [5.74, 6) is -3.49. The van der Waals surface area contributed by atoms with Crippen LogP contribution in [0.3, 0.4) is 0 Å². The third-order valence-electron chi connectivity index (χ3n) is 1.96. The smallest absolute Gasteiger partial charge is 0.326 e. The molecule has 0 saturated heterocycles. The van der Waals surface area contributed by atoms with Crippen molar-refractivity contribution in [3.05, 3.63) is 28.5 Å². The van der Waals surface area contributed by atoms with E-state index in [9.17, 15) is 14.4 Å². The zero-order valence-corrected chi connectivity index (χ0v) is 10.5. The number of aromatic nitrogens is 1. The van der Waals surface area contributed by atoms with Gasteiger partial charge in [-0.05, 0) is 28.1 Å². The second-order valence-corrected chi connectivity index (χ2v) is 4.15. The van der Waals surface area contributed by atoms with Gasteiger partial charge in [-0.2, -0.15) is 0 Å². The van der Waals surface area contributed by atoms with E-state index in [1.807, 2.05) is 0 Å². The van der Waals surface area contributed by atoms with Gasteiger partial charge in [0.1, 0.15) is 11.7 Å². The fourth-order valence-electron chi connectivity index (χ4n) is 1.15. The van der Waals surface area contributed by atoms with E-state index in [1.54, 1.807) is 12.1 Å². The van der Waals surface area contributed by atoms with Crippen LogP contribution in [0.25, 0.3) is 0 Å². The van der Waals surface area contributed by atoms with Crippen molar-refractivity contribution < 1.29 is 24.6 Å². The topological polar surface area (TPSA) is 117 Å². The average Bonchev–Trinajstić information content (AvgIpc) is 2.27. The molecule has 0 aromatic carbocycles. The van der Waals surface area contributed by atoms with Crippen LogP contribution in [0.1, 0.15) is 16.9 Å². The van der Waals surface area contributed by atoms with Crippen LogP contribution in [0.15, 0.2) is 22.8 Å². The van der Waals surface area contributed by atoms with E-state index in [2.05, 4.69) is 26.2 Å². The van der Waals surface area contributed by atoms with Crippen molar-refractivity contribution in [1.82, 2.24) is 10.3 Å². The number of nitrogens with zero attached hydrogens (tertiary/aromatic N) is 1. The monoisotopic (exact) mass is 316 g/mol. The zero-order chi connectivity index (χ0) is 13.7. The lowest BCUT2D eigenvalue weighted by Gasteiger charge is -2.12. The van der Waals surface area contributed by atoms with E-state index < -0.39 is 30.3 Å². The summed E-state index contributed by atoms with van der Waals surface area (Å²) in [6, 6.07) is 1.66. The molecule has 0 aliphatic rings. The van der Waals surface area contributed by atoms with E-state index in [4.69, 9.17) is 10.2 Å². The van der Waals surface area contributed by atoms with Crippen molar-refractivity contribution >= 4 is 33.8 Å². The first-order valence-corrected chi connectivity index (χ1v) is 5.57. The molecule has 0 fully saturated rings. The van der Waals surface area contributed by atoms with Crippen molar-refractivity contribution in [3.8, 4) is 0 Å². The lowest BCUT2D eigenvalue weighted by molar-refractivity contribution is -0.145. The van der Waals surface area contributed by atoms with Crippen LogP contribution >= 0.6 is 15.9 Å². The van der Waals surface area contributed by atoms with Crippen molar-refractivity contribution in [2.24, 2.45) is 0 Å². The minimum atomic E-state index is -1.50. The molecule has 0 aliphatic carbocycles. The number of pyridine rings is 1. The number of carboxylic acids is 2. The summed E-state index contributed by atoms with van der Waals surface area (Å²) < 4.78 is 0.391. The number of hydrogen-bond donors (Lipinski definition) is 3. The van der Waals surface area contributed by atoms with E-state index in [1.165, 1.54) is 6.20 Å². The molecule has 0 radical (unpaired) electrons. The fraction of sp³-hybridized carbons (Fsp3) is 0.200. The Labute approximate surface area is 110 Å². The van der Waals surface area contributed by atoms with Crippen molar-refractivity contribution in [2.45, 2.75) is 12.5 Å². The van der Waals surface area contributed by atoms with Crippen LogP contribution in [-0.4, -0.2) is 39.1 Å². The van der Waals surface area contributed by atoms with E-state index >= 15 is 0 Å². The van der Waals surface area contributed by atoms with Crippen LogP contribution in [-0.2, 0) is 9.59 Å².